The molecule has 0 aliphatic carbocycles. The normalized spacial score (nSPS) is 19.8. The highest BCUT2D eigenvalue weighted by Crippen LogP contribution is 2.15. The fraction of sp³-hybridized carbons (Fsp3) is 0.714. The quantitative estimate of drug-likeness (QED) is 0.745. The lowest BCUT2D eigenvalue weighted by Crippen LogP contribution is -2.40. The minimum absolute atomic E-state index is 0.0375. The predicted molar refractivity (Wildman–Crippen MR) is 71.8 cm³/mol. The van der Waals surface area contributed by atoms with Gasteiger partial charge in [0.2, 0.25) is 5.91 Å². The highest BCUT2D eigenvalue weighted by Gasteiger charge is 2.24. The molecule has 0 spiro atoms. The molecule has 0 aromatic rings. The van der Waals surface area contributed by atoms with Gasteiger partial charge >= 0.3 is 5.97 Å². The lowest BCUT2D eigenvalue weighted by Gasteiger charge is -2.26. The van der Waals surface area contributed by atoms with Crippen LogP contribution < -0.4 is 0 Å². The van der Waals surface area contributed by atoms with Gasteiger partial charge in [-0.3, -0.25) is 9.59 Å². The van der Waals surface area contributed by atoms with E-state index in [1.54, 1.807) is 17.9 Å². The summed E-state index contributed by atoms with van der Waals surface area (Å²) in [5, 5.41) is 8.97. The minimum Gasteiger partial charge on any atom is -0.481 e. The molecule has 108 valence electrons. The van der Waals surface area contributed by atoms with Crippen molar-refractivity contribution in [1.29, 1.82) is 0 Å². The van der Waals surface area contributed by atoms with E-state index in [1.807, 2.05) is 13.8 Å². The number of rotatable bonds is 6. The van der Waals surface area contributed by atoms with E-state index in [0.717, 1.165) is 25.0 Å². The summed E-state index contributed by atoms with van der Waals surface area (Å²) in [5.41, 5.74) is 0.908. The third-order valence-electron chi connectivity index (χ3n) is 3.09. The number of carboxylic acids is 1. The summed E-state index contributed by atoms with van der Waals surface area (Å²) in [6.07, 6.45) is 3.52. The van der Waals surface area contributed by atoms with E-state index in [2.05, 4.69) is 0 Å². The van der Waals surface area contributed by atoms with Crippen molar-refractivity contribution in [2.75, 3.05) is 19.7 Å². The van der Waals surface area contributed by atoms with E-state index >= 15 is 0 Å². The molecule has 1 aliphatic rings. The van der Waals surface area contributed by atoms with Gasteiger partial charge in [-0.1, -0.05) is 12.5 Å². The van der Waals surface area contributed by atoms with E-state index in [4.69, 9.17) is 9.84 Å². The number of allylic oxidation sites excluding steroid dienone is 1. The number of nitrogens with zero attached hydrogens (tertiary/aromatic N) is 1. The van der Waals surface area contributed by atoms with Gasteiger partial charge in [0, 0.05) is 25.8 Å². The Morgan fingerprint density at radius 2 is 2.16 bits per heavy atom. The molecule has 0 radical (unpaired) electrons. The van der Waals surface area contributed by atoms with Gasteiger partial charge in [0.1, 0.15) is 0 Å². The zero-order valence-electron chi connectivity index (χ0n) is 11.9. The Hall–Kier alpha value is -1.36. The average molecular weight is 269 g/mol. The third-order valence-corrected chi connectivity index (χ3v) is 3.09. The van der Waals surface area contributed by atoms with E-state index in [1.165, 1.54) is 0 Å². The van der Waals surface area contributed by atoms with Gasteiger partial charge in [0.15, 0.2) is 0 Å². The molecule has 2 unspecified atom stereocenters. The van der Waals surface area contributed by atoms with Gasteiger partial charge in [0.05, 0.1) is 12.0 Å². The first-order valence-corrected chi connectivity index (χ1v) is 6.68. The average Bonchev–Trinajstić information content (AvgIpc) is 2.79. The molecule has 0 bridgehead atoms. The van der Waals surface area contributed by atoms with Crippen LogP contribution in [0, 0.1) is 5.92 Å². The number of amides is 1. The molecule has 1 saturated heterocycles. The van der Waals surface area contributed by atoms with Gasteiger partial charge in [-0.15, -0.1) is 0 Å². The molecule has 0 aromatic carbocycles. The largest absolute Gasteiger partial charge is 0.481 e. The number of ether oxygens (including phenoxy) is 1. The van der Waals surface area contributed by atoms with Crippen LogP contribution in [0.3, 0.4) is 0 Å². The van der Waals surface area contributed by atoms with E-state index in [9.17, 15) is 9.59 Å². The molecule has 0 saturated carbocycles. The molecular formula is C14H23NO4. The molecule has 5 heteroatoms. The van der Waals surface area contributed by atoms with Crippen molar-refractivity contribution in [1.82, 2.24) is 4.90 Å². The Bertz CT molecular complexity index is 354. The first kappa shape index (κ1) is 15.7. The number of aliphatic carboxylic acids is 1. The van der Waals surface area contributed by atoms with Gasteiger partial charge in [-0.2, -0.15) is 0 Å². The SMILES string of the molecule is CC(C)=CC(=O)N(CC1CCCO1)CC(C)C(=O)O. The van der Waals surface area contributed by atoms with Crippen molar-refractivity contribution in [2.45, 2.75) is 39.7 Å². The number of carbonyl (C=O) groups excluding carboxylic acids is 1. The molecule has 1 rings (SSSR count). The summed E-state index contributed by atoms with van der Waals surface area (Å²) in [7, 11) is 0. The maximum Gasteiger partial charge on any atom is 0.308 e. The molecule has 2 atom stereocenters. The van der Waals surface area contributed by atoms with Crippen LogP contribution in [0.5, 0.6) is 0 Å². The van der Waals surface area contributed by atoms with Crippen molar-refractivity contribution in [3.05, 3.63) is 11.6 Å². The lowest BCUT2D eigenvalue weighted by molar-refractivity contribution is -0.142. The molecule has 1 amide bonds. The monoisotopic (exact) mass is 269 g/mol. The first-order valence-electron chi connectivity index (χ1n) is 6.68. The highest BCUT2D eigenvalue weighted by molar-refractivity contribution is 5.88. The minimum atomic E-state index is -0.887. The second-order valence-electron chi connectivity index (χ2n) is 5.34. The summed E-state index contributed by atoms with van der Waals surface area (Å²) < 4.78 is 5.52. The Morgan fingerprint density at radius 3 is 2.63 bits per heavy atom. The fourth-order valence-electron chi connectivity index (χ4n) is 2.04. The van der Waals surface area contributed by atoms with Gasteiger partial charge in [0.25, 0.3) is 0 Å². The van der Waals surface area contributed by atoms with Gasteiger partial charge in [-0.05, 0) is 26.7 Å². The number of hydrogen-bond acceptors (Lipinski definition) is 3. The van der Waals surface area contributed by atoms with Crippen LogP contribution in [0.1, 0.15) is 33.6 Å². The molecule has 1 N–H and O–H groups in total. The van der Waals surface area contributed by atoms with Gasteiger partial charge in [-0.25, -0.2) is 0 Å². The molecule has 1 fully saturated rings. The molecule has 0 aromatic heterocycles. The Labute approximate surface area is 114 Å². The van der Waals surface area contributed by atoms with Crippen molar-refractivity contribution >= 4 is 11.9 Å². The third kappa shape index (κ3) is 5.42. The predicted octanol–water partition coefficient (Wildman–Crippen LogP) is 1.68. The number of hydrogen-bond donors (Lipinski definition) is 1. The first-order chi connectivity index (χ1) is 8.90. The van der Waals surface area contributed by atoms with Crippen LogP contribution in [0.4, 0.5) is 0 Å². The summed E-state index contributed by atoms with van der Waals surface area (Å²) in [4.78, 5) is 24.6. The number of carboxylic acid groups (broad SMARTS) is 1. The highest BCUT2D eigenvalue weighted by atomic mass is 16.5. The Balaban J connectivity index is 2.68. The maximum atomic E-state index is 12.1. The lowest BCUT2D eigenvalue weighted by atomic mass is 10.1. The smallest absolute Gasteiger partial charge is 0.308 e. The van der Waals surface area contributed by atoms with E-state index in [-0.39, 0.29) is 18.6 Å². The maximum absolute atomic E-state index is 12.1. The summed E-state index contributed by atoms with van der Waals surface area (Å²) >= 11 is 0. The summed E-state index contributed by atoms with van der Waals surface area (Å²) in [5.74, 6) is -1.60. The van der Waals surface area contributed by atoms with Crippen LogP contribution >= 0.6 is 0 Å². The Kier molecular flexibility index (Phi) is 6.02. The van der Waals surface area contributed by atoms with Crippen LogP contribution in [0.15, 0.2) is 11.6 Å². The summed E-state index contributed by atoms with van der Waals surface area (Å²) in [6, 6.07) is 0. The molecule has 5 nitrogen and oxygen atoms in total. The van der Waals surface area contributed by atoms with Crippen LogP contribution in [0.2, 0.25) is 0 Å². The molecule has 19 heavy (non-hydrogen) atoms. The van der Waals surface area contributed by atoms with E-state index in [0.29, 0.717) is 6.54 Å². The van der Waals surface area contributed by atoms with Crippen molar-refractivity contribution < 1.29 is 19.4 Å². The fourth-order valence-corrected chi connectivity index (χ4v) is 2.04. The molecule has 1 aliphatic heterocycles. The van der Waals surface area contributed by atoms with Gasteiger partial charge < -0.3 is 14.7 Å². The molecule has 1 heterocycles. The zero-order valence-corrected chi connectivity index (χ0v) is 11.9. The Morgan fingerprint density at radius 1 is 1.47 bits per heavy atom. The van der Waals surface area contributed by atoms with Crippen molar-refractivity contribution in [3.63, 3.8) is 0 Å². The topological polar surface area (TPSA) is 66.8 Å². The van der Waals surface area contributed by atoms with Crippen LogP contribution in [0.25, 0.3) is 0 Å². The van der Waals surface area contributed by atoms with E-state index < -0.39 is 11.9 Å². The van der Waals surface area contributed by atoms with Crippen molar-refractivity contribution in [2.24, 2.45) is 5.92 Å². The second kappa shape index (κ2) is 7.28. The van der Waals surface area contributed by atoms with Crippen molar-refractivity contribution in [3.8, 4) is 0 Å². The zero-order chi connectivity index (χ0) is 14.4. The van der Waals surface area contributed by atoms with Crippen LogP contribution in [-0.2, 0) is 14.3 Å². The standard InChI is InChI=1S/C14H23NO4/c1-10(2)7-13(16)15(8-11(3)14(17)18)9-12-5-4-6-19-12/h7,11-12H,4-6,8-9H2,1-3H3,(H,17,18). The van der Waals surface area contributed by atoms with Crippen LogP contribution in [-0.4, -0.2) is 47.7 Å². The summed E-state index contributed by atoms with van der Waals surface area (Å²) in [6.45, 7) is 6.73. The molecular weight excluding hydrogens is 246 g/mol. The second-order valence-corrected chi connectivity index (χ2v) is 5.34. The number of carbonyl (C=O) groups is 2.